The number of nitrogens with zero attached hydrogens (tertiary/aromatic N) is 3. The summed E-state index contributed by atoms with van der Waals surface area (Å²) in [6.07, 6.45) is -0.735. The van der Waals surface area contributed by atoms with Crippen LogP contribution in [0.2, 0.25) is 0 Å². The predicted molar refractivity (Wildman–Crippen MR) is 152 cm³/mol. The van der Waals surface area contributed by atoms with E-state index >= 15 is 0 Å². The van der Waals surface area contributed by atoms with Crippen LogP contribution in [0.4, 0.5) is 4.79 Å². The lowest BCUT2D eigenvalue weighted by Gasteiger charge is -2.38. The van der Waals surface area contributed by atoms with Crippen LogP contribution in [0.25, 0.3) is 44.9 Å². The molecule has 0 saturated heterocycles. The number of carbonyl (C=O) groups is 1. The second kappa shape index (κ2) is 9.72. The van der Waals surface area contributed by atoms with Crippen LogP contribution in [0.3, 0.4) is 0 Å². The maximum Gasteiger partial charge on any atom is 0.408 e. The molecule has 0 aliphatic carbocycles. The first kappa shape index (κ1) is 25.4. The van der Waals surface area contributed by atoms with Crippen molar-refractivity contribution in [1.29, 1.82) is 0 Å². The molecule has 0 aliphatic rings. The summed E-state index contributed by atoms with van der Waals surface area (Å²) in [6.45, 7) is 7.48. The normalized spacial score (nSPS) is 12.7. The lowest BCUT2D eigenvalue weighted by Crippen LogP contribution is -2.48. The van der Waals surface area contributed by atoms with Gasteiger partial charge in [0.25, 0.3) is 5.89 Å². The molecule has 1 amide bonds. The highest BCUT2D eigenvalue weighted by atomic mass is 16.4. The first-order chi connectivity index (χ1) is 19.2. The van der Waals surface area contributed by atoms with Gasteiger partial charge in [0.05, 0.1) is 0 Å². The van der Waals surface area contributed by atoms with Crippen molar-refractivity contribution < 1.29 is 23.2 Å². The second-order valence-electron chi connectivity index (χ2n) is 10.9. The third kappa shape index (κ3) is 4.62. The molecule has 1 N–H and O–H groups in total. The van der Waals surface area contributed by atoms with Crippen LogP contribution < -0.4 is 0 Å². The zero-order chi connectivity index (χ0) is 28.0. The molecule has 202 valence electrons. The van der Waals surface area contributed by atoms with Gasteiger partial charge in [0, 0.05) is 33.9 Å². The van der Waals surface area contributed by atoms with E-state index in [9.17, 15) is 9.90 Å². The molecule has 0 radical (unpaired) electrons. The van der Waals surface area contributed by atoms with Crippen molar-refractivity contribution in [3.8, 4) is 23.0 Å². The predicted octanol–water partition coefficient (Wildman–Crippen LogP) is 8.27. The maximum absolute atomic E-state index is 12.5. The Hall–Kier alpha value is -4.85. The number of hydrogen-bond donors (Lipinski definition) is 1. The molecule has 6 rings (SSSR count). The number of amides is 1. The average Bonchev–Trinajstić information content (AvgIpc) is 3.65. The fourth-order valence-electron chi connectivity index (χ4n) is 5.17. The molecule has 0 spiro atoms. The fourth-order valence-corrected chi connectivity index (χ4v) is 5.17. The smallest absolute Gasteiger partial charge is 0.408 e. The minimum absolute atomic E-state index is 0.202. The maximum atomic E-state index is 12.5. The minimum atomic E-state index is -1.07. The van der Waals surface area contributed by atoms with E-state index in [2.05, 4.69) is 10.2 Å². The lowest BCUT2D eigenvalue weighted by atomic mass is 9.97. The van der Waals surface area contributed by atoms with E-state index in [0.717, 1.165) is 44.4 Å². The van der Waals surface area contributed by atoms with Crippen molar-refractivity contribution in [2.75, 3.05) is 0 Å². The van der Waals surface area contributed by atoms with Gasteiger partial charge >= 0.3 is 6.09 Å². The largest absolute Gasteiger partial charge is 0.465 e. The van der Waals surface area contributed by atoms with Crippen molar-refractivity contribution >= 4 is 28.0 Å². The Labute approximate surface area is 230 Å². The van der Waals surface area contributed by atoms with Gasteiger partial charge in [-0.15, -0.1) is 10.2 Å². The molecule has 8 nitrogen and oxygen atoms in total. The summed E-state index contributed by atoms with van der Waals surface area (Å²) >= 11 is 0. The van der Waals surface area contributed by atoms with Crippen LogP contribution >= 0.6 is 0 Å². The molecule has 3 aromatic carbocycles. The van der Waals surface area contributed by atoms with Gasteiger partial charge in [0.15, 0.2) is 5.76 Å². The Morgan fingerprint density at radius 1 is 0.900 bits per heavy atom. The van der Waals surface area contributed by atoms with Crippen LogP contribution in [-0.2, 0) is 6.42 Å². The molecule has 0 saturated carbocycles. The topological polar surface area (TPSA) is 106 Å². The Morgan fingerprint density at radius 3 is 2.27 bits per heavy atom. The summed E-state index contributed by atoms with van der Waals surface area (Å²) in [4.78, 5) is 13.9. The highest BCUT2D eigenvalue weighted by molar-refractivity contribution is 5.86. The summed E-state index contributed by atoms with van der Waals surface area (Å²) < 4.78 is 18.2. The number of aromatic nitrogens is 2. The van der Waals surface area contributed by atoms with E-state index in [1.165, 1.54) is 4.90 Å². The summed E-state index contributed by atoms with van der Waals surface area (Å²) in [7, 11) is 0. The van der Waals surface area contributed by atoms with Crippen LogP contribution in [-0.4, -0.2) is 31.8 Å². The zero-order valence-electron chi connectivity index (χ0n) is 22.7. The van der Waals surface area contributed by atoms with Crippen molar-refractivity contribution in [2.24, 2.45) is 0 Å². The Balaban J connectivity index is 1.34. The van der Waals surface area contributed by atoms with Gasteiger partial charge in [-0.05, 0) is 51.5 Å². The highest BCUT2D eigenvalue weighted by Gasteiger charge is 2.38. The number of hydrogen-bond acceptors (Lipinski definition) is 6. The Morgan fingerprint density at radius 2 is 1.60 bits per heavy atom. The van der Waals surface area contributed by atoms with Gasteiger partial charge < -0.3 is 18.4 Å². The van der Waals surface area contributed by atoms with E-state index < -0.39 is 17.7 Å². The standard InChI is InChI=1S/C32H29N3O5/c1-19-23-10-6-8-12-26(23)39-28(19)30-34-33-29(40-30)24(35(31(36)37)32(2,3)4)17-20-13-15-21(16-14-20)27-18-22-9-5-7-11-25(22)38-27/h5-16,18,24H,17H2,1-4H3,(H,36,37). The lowest BCUT2D eigenvalue weighted by molar-refractivity contribution is 0.0604. The molecule has 0 bridgehead atoms. The minimum Gasteiger partial charge on any atom is -0.465 e. The molecule has 0 aliphatic heterocycles. The third-order valence-corrected chi connectivity index (χ3v) is 7.10. The molecule has 8 heteroatoms. The van der Waals surface area contributed by atoms with E-state index in [1.54, 1.807) is 0 Å². The molecule has 40 heavy (non-hydrogen) atoms. The van der Waals surface area contributed by atoms with Gasteiger partial charge in [-0.1, -0.05) is 60.7 Å². The highest BCUT2D eigenvalue weighted by Crippen LogP contribution is 2.36. The number of aryl methyl sites for hydroxylation is 1. The van der Waals surface area contributed by atoms with Crippen LogP contribution in [0.1, 0.15) is 43.8 Å². The summed E-state index contributed by atoms with van der Waals surface area (Å²) in [5.41, 5.74) is 3.56. The second-order valence-corrected chi connectivity index (χ2v) is 10.9. The number of furan rings is 2. The monoisotopic (exact) mass is 535 g/mol. The number of rotatable bonds is 6. The fraction of sp³-hybridized carbons (Fsp3) is 0.219. The summed E-state index contributed by atoms with van der Waals surface area (Å²) in [5, 5.41) is 20.8. The van der Waals surface area contributed by atoms with E-state index in [0.29, 0.717) is 12.2 Å². The summed E-state index contributed by atoms with van der Waals surface area (Å²) in [5.74, 6) is 1.67. The molecule has 6 aromatic rings. The Kier molecular flexibility index (Phi) is 6.18. The van der Waals surface area contributed by atoms with Gasteiger partial charge in [-0.2, -0.15) is 0 Å². The van der Waals surface area contributed by atoms with Crippen molar-refractivity contribution in [3.05, 3.63) is 95.9 Å². The van der Waals surface area contributed by atoms with Crippen LogP contribution in [0, 0.1) is 6.92 Å². The molecule has 1 atom stereocenters. The van der Waals surface area contributed by atoms with E-state index in [1.807, 2.05) is 107 Å². The molecule has 3 heterocycles. The first-order valence-electron chi connectivity index (χ1n) is 13.1. The van der Waals surface area contributed by atoms with Crippen molar-refractivity contribution in [3.63, 3.8) is 0 Å². The third-order valence-electron chi connectivity index (χ3n) is 7.10. The number of carboxylic acid groups (broad SMARTS) is 1. The molecular formula is C32H29N3O5. The van der Waals surface area contributed by atoms with Crippen molar-refractivity contribution in [1.82, 2.24) is 15.1 Å². The molecular weight excluding hydrogens is 506 g/mol. The molecule has 1 unspecified atom stereocenters. The van der Waals surface area contributed by atoms with E-state index in [-0.39, 0.29) is 11.8 Å². The zero-order valence-corrected chi connectivity index (χ0v) is 22.7. The van der Waals surface area contributed by atoms with Gasteiger partial charge in [0.2, 0.25) is 5.89 Å². The average molecular weight is 536 g/mol. The summed E-state index contributed by atoms with van der Waals surface area (Å²) in [6, 6.07) is 24.8. The van der Waals surface area contributed by atoms with Crippen LogP contribution in [0.5, 0.6) is 0 Å². The SMILES string of the molecule is Cc1c(-c2nnc(C(Cc3ccc(-c4cc5ccccc5o4)cc3)N(C(=O)O)C(C)(C)C)o2)oc2ccccc12. The first-order valence-corrected chi connectivity index (χ1v) is 13.1. The molecule has 3 aromatic heterocycles. The van der Waals surface area contributed by atoms with Crippen molar-refractivity contribution in [2.45, 2.75) is 45.7 Å². The van der Waals surface area contributed by atoms with Gasteiger partial charge in [0.1, 0.15) is 23.0 Å². The Bertz CT molecular complexity index is 1790. The van der Waals surface area contributed by atoms with E-state index in [4.69, 9.17) is 13.3 Å². The quantitative estimate of drug-likeness (QED) is 0.229. The van der Waals surface area contributed by atoms with Gasteiger partial charge in [-0.25, -0.2) is 4.79 Å². The number of fused-ring (bicyclic) bond motifs is 2. The molecule has 0 fully saturated rings. The number of benzene rings is 3. The van der Waals surface area contributed by atoms with Gasteiger partial charge in [-0.3, -0.25) is 4.90 Å². The van der Waals surface area contributed by atoms with Crippen LogP contribution in [0.15, 0.2) is 92.1 Å². The number of para-hydroxylation sites is 2.